The molecule has 1 rings (SSSR count). The third-order valence-electron chi connectivity index (χ3n) is 3.13. The maximum Gasteiger partial charge on any atom is 0.273 e. The van der Waals surface area contributed by atoms with E-state index >= 15 is 0 Å². The van der Waals surface area contributed by atoms with E-state index in [0.29, 0.717) is 18.5 Å². The van der Waals surface area contributed by atoms with Crippen molar-refractivity contribution in [1.29, 1.82) is 0 Å². The van der Waals surface area contributed by atoms with Gasteiger partial charge in [0, 0.05) is 30.8 Å². The Labute approximate surface area is 123 Å². The number of carbonyl (C=O) groups excluding carboxylic acids is 2. The standard InChI is InChI=1S/C14H19N3O4/c1-4-8-16(9-13(18)15-3)14(19)11-6-5-7-12(10(11)2)17(20)21/h5-7H,4,8-9H2,1-3H3,(H,15,18). The van der Waals surface area contributed by atoms with Crippen molar-refractivity contribution in [2.45, 2.75) is 20.3 Å². The molecule has 0 radical (unpaired) electrons. The topological polar surface area (TPSA) is 92.6 Å². The summed E-state index contributed by atoms with van der Waals surface area (Å²) >= 11 is 0. The Morgan fingerprint density at radius 1 is 1.38 bits per heavy atom. The van der Waals surface area contributed by atoms with Gasteiger partial charge < -0.3 is 10.2 Å². The van der Waals surface area contributed by atoms with Crippen molar-refractivity contribution in [3.63, 3.8) is 0 Å². The van der Waals surface area contributed by atoms with E-state index in [1.807, 2.05) is 6.92 Å². The number of rotatable bonds is 6. The van der Waals surface area contributed by atoms with Gasteiger partial charge >= 0.3 is 0 Å². The third-order valence-corrected chi connectivity index (χ3v) is 3.13. The summed E-state index contributed by atoms with van der Waals surface area (Å²) in [6.07, 6.45) is 0.691. The minimum atomic E-state index is -0.519. The highest BCUT2D eigenvalue weighted by Gasteiger charge is 2.23. The number of hydrogen-bond acceptors (Lipinski definition) is 4. The van der Waals surface area contributed by atoms with Crippen LogP contribution in [-0.4, -0.2) is 41.8 Å². The fourth-order valence-electron chi connectivity index (χ4n) is 2.00. The van der Waals surface area contributed by atoms with Crippen molar-refractivity contribution in [3.05, 3.63) is 39.4 Å². The Morgan fingerprint density at radius 2 is 2.05 bits per heavy atom. The second kappa shape index (κ2) is 7.37. The molecule has 0 aromatic heterocycles. The normalized spacial score (nSPS) is 10.0. The first-order valence-corrected chi connectivity index (χ1v) is 6.66. The average Bonchev–Trinajstić information content (AvgIpc) is 2.45. The van der Waals surface area contributed by atoms with Gasteiger partial charge in [-0.2, -0.15) is 0 Å². The summed E-state index contributed by atoms with van der Waals surface area (Å²) in [5, 5.41) is 13.4. The van der Waals surface area contributed by atoms with Crippen LogP contribution < -0.4 is 5.32 Å². The molecular formula is C14H19N3O4. The van der Waals surface area contributed by atoms with Gasteiger partial charge in [0.25, 0.3) is 11.6 Å². The molecular weight excluding hydrogens is 274 g/mol. The molecule has 0 spiro atoms. The van der Waals surface area contributed by atoms with Crippen molar-refractivity contribution < 1.29 is 14.5 Å². The van der Waals surface area contributed by atoms with E-state index in [9.17, 15) is 19.7 Å². The number of likely N-dealkylation sites (N-methyl/N-ethyl adjacent to an activating group) is 1. The maximum absolute atomic E-state index is 12.5. The van der Waals surface area contributed by atoms with E-state index in [0.717, 1.165) is 0 Å². The molecule has 1 aromatic rings. The first kappa shape index (κ1) is 16.6. The number of hydrogen-bond donors (Lipinski definition) is 1. The molecule has 0 unspecified atom stereocenters. The summed E-state index contributed by atoms with van der Waals surface area (Å²) in [5.74, 6) is -0.651. The third kappa shape index (κ3) is 4.01. The lowest BCUT2D eigenvalue weighted by atomic mass is 10.1. The number of benzene rings is 1. The quantitative estimate of drug-likeness (QED) is 0.635. The highest BCUT2D eigenvalue weighted by atomic mass is 16.6. The lowest BCUT2D eigenvalue weighted by Gasteiger charge is -2.22. The van der Waals surface area contributed by atoms with Crippen LogP contribution in [0.25, 0.3) is 0 Å². The Bertz CT molecular complexity index is 557. The summed E-state index contributed by atoms with van der Waals surface area (Å²) < 4.78 is 0. The van der Waals surface area contributed by atoms with Crippen LogP contribution in [0.2, 0.25) is 0 Å². The largest absolute Gasteiger partial charge is 0.358 e. The zero-order chi connectivity index (χ0) is 16.0. The number of carbonyl (C=O) groups is 2. The van der Waals surface area contributed by atoms with Gasteiger partial charge in [0.05, 0.1) is 11.5 Å². The fraction of sp³-hybridized carbons (Fsp3) is 0.429. The molecule has 0 bridgehead atoms. The van der Waals surface area contributed by atoms with Crippen molar-refractivity contribution in [3.8, 4) is 0 Å². The highest BCUT2D eigenvalue weighted by molar-refractivity contribution is 5.98. The Morgan fingerprint density at radius 3 is 2.57 bits per heavy atom. The molecule has 2 amide bonds. The van der Waals surface area contributed by atoms with Crippen molar-refractivity contribution >= 4 is 17.5 Å². The van der Waals surface area contributed by atoms with E-state index in [1.165, 1.54) is 37.1 Å². The molecule has 7 heteroatoms. The van der Waals surface area contributed by atoms with E-state index in [4.69, 9.17) is 0 Å². The number of nitro benzene ring substituents is 1. The van der Waals surface area contributed by atoms with Gasteiger partial charge in [0.2, 0.25) is 5.91 Å². The molecule has 1 N–H and O–H groups in total. The summed E-state index contributed by atoms with van der Waals surface area (Å²) in [5.41, 5.74) is 0.462. The first-order chi connectivity index (χ1) is 9.92. The number of amides is 2. The Kier molecular flexibility index (Phi) is 5.83. The Hall–Kier alpha value is -2.44. The number of nitrogens with zero attached hydrogens (tertiary/aromatic N) is 2. The number of nitro groups is 1. The molecule has 0 fully saturated rings. The van der Waals surface area contributed by atoms with Crippen LogP contribution in [0.4, 0.5) is 5.69 Å². The monoisotopic (exact) mass is 293 g/mol. The van der Waals surface area contributed by atoms with Crippen molar-refractivity contribution in [1.82, 2.24) is 10.2 Å². The average molecular weight is 293 g/mol. The Balaban J connectivity index is 3.12. The molecule has 114 valence electrons. The van der Waals surface area contributed by atoms with Gasteiger partial charge in [0.1, 0.15) is 0 Å². The fourth-order valence-corrected chi connectivity index (χ4v) is 2.00. The van der Waals surface area contributed by atoms with E-state index < -0.39 is 4.92 Å². The van der Waals surface area contributed by atoms with Gasteiger partial charge in [0.15, 0.2) is 0 Å². The zero-order valence-electron chi connectivity index (χ0n) is 12.4. The van der Waals surface area contributed by atoms with Gasteiger partial charge in [-0.3, -0.25) is 19.7 Å². The predicted octanol–water partition coefficient (Wildman–Crippen LogP) is 1.50. The van der Waals surface area contributed by atoms with Gasteiger partial charge in [-0.05, 0) is 19.4 Å². The van der Waals surface area contributed by atoms with E-state index in [2.05, 4.69) is 5.32 Å². The van der Waals surface area contributed by atoms with E-state index in [1.54, 1.807) is 0 Å². The molecule has 1 aromatic carbocycles. The zero-order valence-corrected chi connectivity index (χ0v) is 12.4. The second-order valence-corrected chi connectivity index (χ2v) is 4.61. The predicted molar refractivity (Wildman–Crippen MR) is 78.1 cm³/mol. The molecule has 0 saturated carbocycles. The molecule has 7 nitrogen and oxygen atoms in total. The van der Waals surface area contributed by atoms with Crippen molar-refractivity contribution in [2.75, 3.05) is 20.1 Å². The molecule has 0 saturated heterocycles. The molecule has 0 aliphatic heterocycles. The van der Waals surface area contributed by atoms with Crippen LogP contribution in [0.3, 0.4) is 0 Å². The van der Waals surface area contributed by atoms with Crippen LogP contribution in [0.1, 0.15) is 29.3 Å². The minimum absolute atomic E-state index is 0.0642. The molecule has 0 heterocycles. The minimum Gasteiger partial charge on any atom is -0.358 e. The van der Waals surface area contributed by atoms with Crippen molar-refractivity contribution in [2.24, 2.45) is 0 Å². The molecule has 0 atom stereocenters. The summed E-state index contributed by atoms with van der Waals surface area (Å²) in [4.78, 5) is 35.8. The second-order valence-electron chi connectivity index (χ2n) is 4.61. The number of nitrogens with one attached hydrogen (secondary N) is 1. The lowest BCUT2D eigenvalue weighted by Crippen LogP contribution is -2.40. The highest BCUT2D eigenvalue weighted by Crippen LogP contribution is 2.22. The first-order valence-electron chi connectivity index (χ1n) is 6.66. The van der Waals surface area contributed by atoms with Gasteiger partial charge in [-0.1, -0.05) is 13.0 Å². The molecule has 0 aliphatic rings. The summed E-state index contributed by atoms with van der Waals surface area (Å²) in [6.45, 7) is 3.78. The molecule has 0 aliphatic carbocycles. The molecule has 21 heavy (non-hydrogen) atoms. The van der Waals surface area contributed by atoms with E-state index in [-0.39, 0.29) is 29.6 Å². The summed E-state index contributed by atoms with van der Waals surface area (Å²) in [7, 11) is 1.50. The van der Waals surface area contributed by atoms with Gasteiger partial charge in [-0.25, -0.2) is 0 Å². The summed E-state index contributed by atoms with van der Waals surface area (Å²) in [6, 6.07) is 4.37. The van der Waals surface area contributed by atoms with Crippen LogP contribution in [0.5, 0.6) is 0 Å². The van der Waals surface area contributed by atoms with Crippen LogP contribution in [-0.2, 0) is 4.79 Å². The van der Waals surface area contributed by atoms with Crippen LogP contribution in [0, 0.1) is 17.0 Å². The maximum atomic E-state index is 12.5. The van der Waals surface area contributed by atoms with Gasteiger partial charge in [-0.15, -0.1) is 0 Å². The lowest BCUT2D eigenvalue weighted by molar-refractivity contribution is -0.385. The SMILES string of the molecule is CCCN(CC(=O)NC)C(=O)c1cccc([N+](=O)[O-])c1C. The smallest absolute Gasteiger partial charge is 0.273 e. The van der Waals surface area contributed by atoms with Crippen LogP contribution in [0.15, 0.2) is 18.2 Å². The van der Waals surface area contributed by atoms with Crippen LogP contribution >= 0.6 is 0 Å².